The molecule has 3 fully saturated rings. The van der Waals surface area contributed by atoms with E-state index in [-0.39, 0.29) is 47.4 Å². The number of hydrogen-bond acceptors (Lipinski definition) is 6. The number of aliphatic hydroxyl groups excluding tert-OH is 2. The summed E-state index contributed by atoms with van der Waals surface area (Å²) < 4.78 is 11.5. The van der Waals surface area contributed by atoms with E-state index in [0.29, 0.717) is 0 Å². The van der Waals surface area contributed by atoms with Crippen LogP contribution in [0.1, 0.15) is 27.2 Å². The van der Waals surface area contributed by atoms with Crippen LogP contribution in [-0.2, 0) is 19.1 Å². The first-order chi connectivity index (χ1) is 15.7. The summed E-state index contributed by atoms with van der Waals surface area (Å²) in [6.07, 6.45) is 17.0. The van der Waals surface area contributed by atoms with Crippen LogP contribution in [-0.4, -0.2) is 70.4 Å². The Morgan fingerprint density at radius 1 is 1.03 bits per heavy atom. The maximum atomic E-state index is 12.5. The van der Waals surface area contributed by atoms with Crippen molar-refractivity contribution in [1.82, 2.24) is 4.90 Å². The maximum Gasteiger partial charge on any atom is 0.261 e. The highest BCUT2D eigenvalue weighted by Crippen LogP contribution is 2.34. The molecule has 7 heteroatoms. The average Bonchev–Trinajstić information content (AvgIpc) is 3.33. The number of hydrogen-bond donors (Lipinski definition) is 2. The lowest BCUT2D eigenvalue weighted by Crippen LogP contribution is -2.36. The third kappa shape index (κ3) is 5.61. The van der Waals surface area contributed by atoms with Gasteiger partial charge in [-0.25, -0.2) is 0 Å². The van der Waals surface area contributed by atoms with Crippen molar-refractivity contribution in [2.24, 2.45) is 5.92 Å². The molecule has 3 saturated heterocycles. The summed E-state index contributed by atoms with van der Waals surface area (Å²) in [5.41, 5.74) is -0.160. The molecule has 0 aliphatic carbocycles. The van der Waals surface area contributed by atoms with Gasteiger partial charge >= 0.3 is 0 Å². The molecule has 0 aromatic heterocycles. The van der Waals surface area contributed by atoms with Crippen LogP contribution < -0.4 is 0 Å². The van der Waals surface area contributed by atoms with Crippen molar-refractivity contribution in [2.75, 3.05) is 7.05 Å². The number of aliphatic hydroxyl groups is 2. The molecule has 33 heavy (non-hydrogen) atoms. The van der Waals surface area contributed by atoms with Gasteiger partial charge in [0.05, 0.1) is 18.2 Å². The van der Waals surface area contributed by atoms with Gasteiger partial charge < -0.3 is 24.6 Å². The fraction of sp³-hybridized carbons (Fsp3) is 0.462. The summed E-state index contributed by atoms with van der Waals surface area (Å²) >= 11 is 0. The number of ketones is 1. The first-order valence-corrected chi connectivity index (χ1v) is 11.3. The second kappa shape index (κ2) is 10.9. The van der Waals surface area contributed by atoms with E-state index >= 15 is 0 Å². The van der Waals surface area contributed by atoms with Crippen molar-refractivity contribution in [3.8, 4) is 0 Å². The summed E-state index contributed by atoms with van der Waals surface area (Å²) in [5, 5.41) is 20.5. The van der Waals surface area contributed by atoms with E-state index in [4.69, 9.17) is 9.47 Å². The fourth-order valence-corrected chi connectivity index (χ4v) is 4.44. The molecular weight excluding hydrogens is 422 g/mol. The Kier molecular flexibility index (Phi) is 8.24. The van der Waals surface area contributed by atoms with Crippen molar-refractivity contribution in [3.63, 3.8) is 0 Å². The molecule has 2 N–H and O–H groups in total. The molecule has 0 aromatic rings. The van der Waals surface area contributed by atoms with Gasteiger partial charge in [0.1, 0.15) is 29.6 Å². The second-order valence-electron chi connectivity index (χ2n) is 8.90. The number of allylic oxidation sites excluding steroid dienone is 9. The topological polar surface area (TPSA) is 96.3 Å². The van der Waals surface area contributed by atoms with Crippen LogP contribution in [0.25, 0.3) is 0 Å². The molecule has 3 aliphatic heterocycles. The minimum atomic E-state index is -0.646. The monoisotopic (exact) mass is 455 g/mol. The lowest BCUT2D eigenvalue weighted by molar-refractivity contribution is -0.126. The molecule has 0 bridgehead atoms. The number of Topliss-reactive ketones (excluding diaryl/α,β-unsaturated/α-hetero) is 1. The average molecular weight is 456 g/mol. The van der Waals surface area contributed by atoms with Crippen molar-refractivity contribution in [2.45, 2.75) is 63.8 Å². The van der Waals surface area contributed by atoms with Gasteiger partial charge in [0.15, 0.2) is 5.78 Å². The highest BCUT2D eigenvalue weighted by molar-refractivity contribution is 6.27. The summed E-state index contributed by atoms with van der Waals surface area (Å²) in [6, 6.07) is -0.539. The predicted octanol–water partition coefficient (Wildman–Crippen LogP) is 2.95. The van der Waals surface area contributed by atoms with Gasteiger partial charge in [-0.15, -0.1) is 0 Å². The van der Waals surface area contributed by atoms with Gasteiger partial charge in [-0.3, -0.25) is 9.59 Å². The Morgan fingerprint density at radius 3 is 2.21 bits per heavy atom. The first-order valence-electron chi connectivity index (χ1n) is 11.3. The van der Waals surface area contributed by atoms with Crippen LogP contribution in [0, 0.1) is 5.92 Å². The van der Waals surface area contributed by atoms with Gasteiger partial charge in [-0.05, 0) is 18.9 Å². The van der Waals surface area contributed by atoms with E-state index in [0.717, 1.165) is 6.42 Å². The number of carbonyl (C=O) groups excluding carboxylic acids is 2. The molecule has 178 valence electrons. The van der Waals surface area contributed by atoms with E-state index in [2.05, 4.69) is 0 Å². The summed E-state index contributed by atoms with van der Waals surface area (Å²) in [5.74, 6) is -1.15. The maximum absolute atomic E-state index is 12.5. The van der Waals surface area contributed by atoms with Crippen molar-refractivity contribution in [3.05, 3.63) is 72.1 Å². The largest absolute Gasteiger partial charge is 0.507 e. The van der Waals surface area contributed by atoms with Crippen molar-refractivity contribution >= 4 is 11.7 Å². The summed E-state index contributed by atoms with van der Waals surface area (Å²) in [4.78, 5) is 26.1. The third-order valence-electron chi connectivity index (χ3n) is 6.01. The Hall–Kier alpha value is -2.74. The lowest BCUT2D eigenvalue weighted by atomic mass is 9.98. The molecule has 6 atom stereocenters. The molecule has 3 rings (SSSR count). The Bertz CT molecular complexity index is 925. The van der Waals surface area contributed by atoms with E-state index in [1.54, 1.807) is 31.4 Å². The zero-order valence-corrected chi connectivity index (χ0v) is 19.5. The third-order valence-corrected chi connectivity index (χ3v) is 6.01. The number of fused-ring (bicyclic) bond motifs is 1. The van der Waals surface area contributed by atoms with Gasteiger partial charge in [-0.1, -0.05) is 68.5 Å². The number of carbonyl (C=O) groups is 2. The Morgan fingerprint density at radius 2 is 1.64 bits per heavy atom. The molecule has 3 heterocycles. The number of ether oxygens (including phenoxy) is 2. The molecule has 1 amide bonds. The molecule has 0 aromatic carbocycles. The van der Waals surface area contributed by atoms with E-state index < -0.39 is 18.1 Å². The minimum absolute atomic E-state index is 0.0260. The summed E-state index contributed by atoms with van der Waals surface area (Å²) in [6.45, 7) is 5.72. The zero-order chi connectivity index (χ0) is 24.1. The Balaban J connectivity index is 1.46. The predicted molar refractivity (Wildman–Crippen MR) is 125 cm³/mol. The number of nitrogens with zero attached hydrogens (tertiary/aromatic N) is 1. The standard InChI is InChI=1S/C26H33NO6/c1-16(2)22-24(30)21(26(31)27(22)4)18(28)13-11-9-7-5-6-8-10-12-14-19-23(29)25-20(33-19)15-17(3)32-25/h5-14,16-17,19-20,22-23,25,28-29H,15H2,1-4H3/b6-5?,9-7-,10-8?,13-11-,14-12?,21-18-. The highest BCUT2D eigenvalue weighted by atomic mass is 16.6. The van der Waals surface area contributed by atoms with Gasteiger partial charge in [-0.2, -0.15) is 0 Å². The molecule has 7 nitrogen and oxygen atoms in total. The molecule has 0 saturated carbocycles. The van der Waals surface area contributed by atoms with Crippen LogP contribution in [0.3, 0.4) is 0 Å². The number of amides is 1. The summed E-state index contributed by atoms with van der Waals surface area (Å²) in [7, 11) is 1.57. The van der Waals surface area contributed by atoms with Gasteiger partial charge in [0.25, 0.3) is 5.91 Å². The number of rotatable bonds is 7. The minimum Gasteiger partial charge on any atom is -0.507 e. The van der Waals surface area contributed by atoms with Crippen molar-refractivity contribution in [1.29, 1.82) is 0 Å². The number of likely N-dealkylation sites (N-methyl/N-ethyl adjacent to an activating group) is 1. The fourth-order valence-electron chi connectivity index (χ4n) is 4.44. The quantitative estimate of drug-likeness (QED) is 0.265. The van der Waals surface area contributed by atoms with Crippen LogP contribution in [0.4, 0.5) is 0 Å². The van der Waals surface area contributed by atoms with Gasteiger partial charge in [0.2, 0.25) is 0 Å². The smallest absolute Gasteiger partial charge is 0.261 e. The van der Waals surface area contributed by atoms with Gasteiger partial charge in [0, 0.05) is 13.5 Å². The number of likely N-dealkylation sites (tertiary alicyclic amines) is 1. The normalized spacial score (nSPS) is 34.7. The molecule has 0 spiro atoms. The Labute approximate surface area is 195 Å². The molecule has 0 radical (unpaired) electrons. The van der Waals surface area contributed by atoms with E-state index in [1.165, 1.54) is 11.0 Å². The van der Waals surface area contributed by atoms with Crippen LogP contribution in [0.15, 0.2) is 72.1 Å². The van der Waals surface area contributed by atoms with Crippen LogP contribution in [0.5, 0.6) is 0 Å². The van der Waals surface area contributed by atoms with E-state index in [9.17, 15) is 19.8 Å². The van der Waals surface area contributed by atoms with E-state index in [1.807, 2.05) is 51.2 Å². The highest BCUT2D eigenvalue weighted by Gasteiger charge is 2.48. The molecule has 6 unspecified atom stereocenters. The van der Waals surface area contributed by atoms with Crippen molar-refractivity contribution < 1.29 is 29.3 Å². The van der Waals surface area contributed by atoms with Crippen LogP contribution in [0.2, 0.25) is 0 Å². The lowest BCUT2D eigenvalue weighted by Gasteiger charge is -2.20. The zero-order valence-electron chi connectivity index (χ0n) is 19.5. The second-order valence-corrected chi connectivity index (χ2v) is 8.90. The molecule has 3 aliphatic rings. The molecular formula is C26H33NO6. The SMILES string of the molecule is CC1CC2OC(C=CC=CC=C\C=C/C=C\C(O)=C3/C(=O)C(C(C)C)N(C)C3=O)C(O)C2O1. The van der Waals surface area contributed by atoms with Crippen LogP contribution >= 0.6 is 0 Å². The first kappa shape index (κ1) is 24.9.